The number of benzene rings is 9. The zero-order chi connectivity index (χ0) is 39.6. The summed E-state index contributed by atoms with van der Waals surface area (Å²) in [4.78, 5) is 11.2. The van der Waals surface area contributed by atoms with Gasteiger partial charge in [-0.3, -0.25) is 0 Å². The van der Waals surface area contributed by atoms with Crippen molar-refractivity contribution in [3.63, 3.8) is 0 Å². The molecule has 4 nitrogen and oxygen atoms in total. The molecule has 0 spiro atoms. The summed E-state index contributed by atoms with van der Waals surface area (Å²) in [5, 5.41) is 5.00. The van der Waals surface area contributed by atoms with Crippen molar-refractivity contribution in [2.45, 2.75) is 0 Å². The van der Waals surface area contributed by atoms with Gasteiger partial charge in [-0.15, -0.1) is 0 Å². The van der Waals surface area contributed by atoms with Crippen LogP contribution in [-0.4, -0.2) is 19.1 Å². The van der Waals surface area contributed by atoms with E-state index in [1.54, 1.807) is 0 Å². The van der Waals surface area contributed by atoms with Crippen LogP contribution in [0.1, 0.15) is 0 Å². The lowest BCUT2D eigenvalue weighted by molar-refractivity contribution is 1.18. The monoisotopic (exact) mass is 764 g/mol. The number of nitrogens with zero attached hydrogens (tertiary/aromatic N) is 4. The van der Waals surface area contributed by atoms with Gasteiger partial charge in [0.05, 0.1) is 44.5 Å². The molecule has 280 valence electrons. The molecule has 3 aromatic heterocycles. The highest BCUT2D eigenvalue weighted by atomic mass is 15.0. The zero-order valence-corrected chi connectivity index (χ0v) is 32.6. The van der Waals surface area contributed by atoms with Crippen LogP contribution in [0.5, 0.6) is 0 Å². The highest BCUT2D eigenvalue weighted by molar-refractivity contribution is 6.10. The van der Waals surface area contributed by atoms with E-state index in [1.165, 1.54) is 43.6 Å². The summed E-state index contributed by atoms with van der Waals surface area (Å²) >= 11 is 0. The Morgan fingerprint density at radius 3 is 0.883 bits per heavy atom. The molecule has 3 heterocycles. The molecule has 0 atom stereocenters. The van der Waals surface area contributed by atoms with Gasteiger partial charge in [-0.25, -0.2) is 9.97 Å². The van der Waals surface area contributed by atoms with Gasteiger partial charge in [-0.1, -0.05) is 170 Å². The molecule has 0 aliphatic rings. The van der Waals surface area contributed by atoms with E-state index in [0.29, 0.717) is 0 Å². The van der Waals surface area contributed by atoms with Crippen molar-refractivity contribution in [3.05, 3.63) is 218 Å². The van der Waals surface area contributed by atoms with E-state index in [9.17, 15) is 0 Å². The molecule has 0 fully saturated rings. The quantitative estimate of drug-likeness (QED) is 0.169. The minimum atomic E-state index is 0.858. The Hall–Kier alpha value is -8.08. The molecule has 4 heteroatoms. The molecule has 12 aromatic rings. The zero-order valence-electron chi connectivity index (χ0n) is 32.6. The summed E-state index contributed by atoms with van der Waals surface area (Å²) in [6, 6.07) is 77.7. The smallest absolute Gasteiger partial charge is 0.0979 e. The van der Waals surface area contributed by atoms with E-state index in [4.69, 9.17) is 9.97 Å². The average Bonchev–Trinajstić information content (AvgIpc) is 3.85. The molecule has 0 bridgehead atoms. The third-order valence-electron chi connectivity index (χ3n) is 12.0. The number of fused-ring (bicyclic) bond motifs is 7. The van der Waals surface area contributed by atoms with Crippen LogP contribution in [0.15, 0.2) is 218 Å². The molecule has 0 aliphatic carbocycles. The highest BCUT2D eigenvalue weighted by Gasteiger charge is 2.20. The average molecular weight is 765 g/mol. The van der Waals surface area contributed by atoms with Crippen molar-refractivity contribution in [1.82, 2.24) is 19.1 Å². The van der Waals surface area contributed by atoms with Gasteiger partial charge in [0.2, 0.25) is 0 Å². The first-order chi connectivity index (χ1) is 29.8. The Kier molecular flexibility index (Phi) is 7.82. The standard InChI is InChI=1S/C56H36N4/c1-3-15-39(16-4-1)53-54(40-17-5-2-6-18-40)58-56-44(38-29-33-42(34-30-38)60-51-25-13-9-21-47(51)48-22-10-14-26-52(48)60)36-35-43(55(56)57-53)37-27-31-41(32-28-37)59-49-23-11-7-19-45(49)46-20-8-12-24-50(46)59/h1-36H. The van der Waals surface area contributed by atoms with Crippen molar-refractivity contribution in [2.24, 2.45) is 0 Å². The first kappa shape index (κ1) is 34.0. The minimum absolute atomic E-state index is 0.858. The maximum absolute atomic E-state index is 5.59. The maximum Gasteiger partial charge on any atom is 0.0979 e. The summed E-state index contributed by atoms with van der Waals surface area (Å²) in [7, 11) is 0. The molecule has 60 heavy (non-hydrogen) atoms. The van der Waals surface area contributed by atoms with E-state index >= 15 is 0 Å². The predicted octanol–water partition coefficient (Wildman–Crippen LogP) is 14.5. The third kappa shape index (κ3) is 5.39. The lowest BCUT2D eigenvalue weighted by atomic mass is 9.95. The van der Waals surface area contributed by atoms with Crippen molar-refractivity contribution < 1.29 is 0 Å². The topological polar surface area (TPSA) is 35.6 Å². The number of aromatic nitrogens is 4. The third-order valence-corrected chi connectivity index (χ3v) is 12.0. The Bertz CT molecular complexity index is 3220. The first-order valence-corrected chi connectivity index (χ1v) is 20.4. The molecule has 0 radical (unpaired) electrons. The first-order valence-electron chi connectivity index (χ1n) is 20.4. The highest BCUT2D eigenvalue weighted by Crippen LogP contribution is 2.40. The fraction of sp³-hybridized carbons (Fsp3) is 0. The van der Waals surface area contributed by atoms with Gasteiger partial charge in [0.25, 0.3) is 0 Å². The van der Waals surface area contributed by atoms with Gasteiger partial charge < -0.3 is 9.13 Å². The second kappa shape index (κ2) is 13.8. The second-order valence-electron chi connectivity index (χ2n) is 15.3. The minimum Gasteiger partial charge on any atom is -0.309 e. The van der Waals surface area contributed by atoms with E-state index in [0.717, 1.165) is 67.2 Å². The number of para-hydroxylation sites is 4. The van der Waals surface area contributed by atoms with E-state index in [1.807, 2.05) is 12.1 Å². The lowest BCUT2D eigenvalue weighted by Gasteiger charge is -2.17. The van der Waals surface area contributed by atoms with Crippen LogP contribution in [0.25, 0.3) is 111 Å². The fourth-order valence-electron chi connectivity index (χ4n) is 9.18. The van der Waals surface area contributed by atoms with Crippen molar-refractivity contribution >= 4 is 54.6 Å². The Morgan fingerprint density at radius 2 is 0.550 bits per heavy atom. The predicted molar refractivity (Wildman–Crippen MR) is 250 cm³/mol. The lowest BCUT2D eigenvalue weighted by Crippen LogP contribution is -1.99. The Labute approximate surface area is 346 Å². The molecule has 0 amide bonds. The number of hydrogen-bond donors (Lipinski definition) is 0. The van der Waals surface area contributed by atoms with Crippen molar-refractivity contribution in [3.8, 4) is 56.1 Å². The summed E-state index contributed by atoms with van der Waals surface area (Å²) in [5.41, 5.74) is 16.7. The number of hydrogen-bond acceptors (Lipinski definition) is 2. The second-order valence-corrected chi connectivity index (χ2v) is 15.3. The summed E-state index contributed by atoms with van der Waals surface area (Å²) < 4.78 is 4.72. The van der Waals surface area contributed by atoms with Crippen molar-refractivity contribution in [2.75, 3.05) is 0 Å². The maximum atomic E-state index is 5.59. The van der Waals surface area contributed by atoms with Crippen LogP contribution in [-0.2, 0) is 0 Å². The molecule has 0 N–H and O–H groups in total. The van der Waals surface area contributed by atoms with Crippen LogP contribution in [0, 0.1) is 0 Å². The van der Waals surface area contributed by atoms with Crippen LogP contribution < -0.4 is 0 Å². The van der Waals surface area contributed by atoms with Gasteiger partial charge in [0.15, 0.2) is 0 Å². The fourth-order valence-corrected chi connectivity index (χ4v) is 9.18. The van der Waals surface area contributed by atoms with E-state index < -0.39 is 0 Å². The molecule has 9 aromatic carbocycles. The molecule has 0 aliphatic heterocycles. The SMILES string of the molecule is c1ccc(-c2nc3c(-c4ccc(-n5c6ccccc6c6ccccc65)cc4)ccc(-c4ccc(-n5c6ccccc6c6ccccc65)cc4)c3nc2-c2ccccc2)cc1. The van der Waals surface area contributed by atoms with Crippen LogP contribution >= 0.6 is 0 Å². The largest absolute Gasteiger partial charge is 0.309 e. The van der Waals surface area contributed by atoms with Crippen molar-refractivity contribution in [1.29, 1.82) is 0 Å². The van der Waals surface area contributed by atoms with Crippen LogP contribution in [0.3, 0.4) is 0 Å². The van der Waals surface area contributed by atoms with Gasteiger partial charge in [0, 0.05) is 55.2 Å². The molecule has 0 unspecified atom stereocenters. The van der Waals surface area contributed by atoms with E-state index in [-0.39, 0.29) is 0 Å². The Balaban J connectivity index is 1.05. The molecule has 0 saturated carbocycles. The number of rotatable bonds is 6. The molecular formula is C56H36N4. The summed E-state index contributed by atoms with van der Waals surface area (Å²) in [6.45, 7) is 0. The molecule has 0 saturated heterocycles. The van der Waals surface area contributed by atoms with Crippen LogP contribution in [0.2, 0.25) is 0 Å². The van der Waals surface area contributed by atoms with Gasteiger partial charge >= 0.3 is 0 Å². The van der Waals surface area contributed by atoms with E-state index in [2.05, 4.69) is 215 Å². The van der Waals surface area contributed by atoms with Gasteiger partial charge in [-0.2, -0.15) is 0 Å². The summed E-state index contributed by atoms with van der Waals surface area (Å²) in [6.07, 6.45) is 0. The van der Waals surface area contributed by atoms with Crippen LogP contribution in [0.4, 0.5) is 0 Å². The summed E-state index contributed by atoms with van der Waals surface area (Å²) in [5.74, 6) is 0. The normalized spacial score (nSPS) is 11.7. The van der Waals surface area contributed by atoms with Gasteiger partial charge in [0.1, 0.15) is 0 Å². The Morgan fingerprint density at radius 1 is 0.250 bits per heavy atom. The molecule has 12 rings (SSSR count). The van der Waals surface area contributed by atoms with Gasteiger partial charge in [-0.05, 0) is 59.7 Å². The molecular weight excluding hydrogens is 729 g/mol.